The van der Waals surface area contributed by atoms with Crippen LogP contribution in [0.3, 0.4) is 0 Å². The number of carbonyl (C=O) groups excluding carboxylic acids is 1. The molecule has 0 fully saturated rings. The number of rotatable bonds is 15. The van der Waals surface area contributed by atoms with Crippen LogP contribution in [-0.4, -0.2) is 43.4 Å². The van der Waals surface area contributed by atoms with Crippen molar-refractivity contribution in [1.82, 2.24) is 5.32 Å². The zero-order chi connectivity index (χ0) is 24.8. The fourth-order valence-corrected chi connectivity index (χ4v) is 3.69. The van der Waals surface area contributed by atoms with Crippen molar-refractivity contribution in [3.05, 3.63) is 54.1 Å². The maximum Gasteiger partial charge on any atom is 0.333 e. The van der Waals surface area contributed by atoms with Gasteiger partial charge in [0, 0.05) is 32.3 Å². The number of carbonyl (C=O) groups is 2. The second-order valence-corrected chi connectivity index (χ2v) is 8.71. The summed E-state index contributed by atoms with van der Waals surface area (Å²) in [6.07, 6.45) is 7.13. The number of ether oxygens (including phenoxy) is 1. The molecule has 2 aromatic carbocycles. The van der Waals surface area contributed by atoms with Crippen LogP contribution >= 0.6 is 0 Å². The van der Waals surface area contributed by atoms with Crippen molar-refractivity contribution in [2.75, 3.05) is 25.1 Å². The van der Waals surface area contributed by atoms with Gasteiger partial charge in [0.2, 0.25) is 0 Å². The number of hydrogen-bond acceptors (Lipinski definition) is 3. The monoisotopic (exact) mass is 468 g/mol. The highest BCUT2D eigenvalue weighted by Crippen LogP contribution is 2.25. The second kappa shape index (κ2) is 15.1. The van der Waals surface area contributed by atoms with E-state index < -0.39 is 12.1 Å². The average Bonchev–Trinajstić information content (AvgIpc) is 2.85. The Morgan fingerprint density at radius 1 is 0.941 bits per heavy atom. The van der Waals surface area contributed by atoms with Gasteiger partial charge in [0.25, 0.3) is 0 Å². The number of hydrogen-bond donors (Lipinski definition) is 2. The summed E-state index contributed by atoms with van der Waals surface area (Å²) in [7, 11) is 1.78. The number of aliphatic carboxylic acids is 1. The van der Waals surface area contributed by atoms with Crippen molar-refractivity contribution in [2.24, 2.45) is 0 Å². The summed E-state index contributed by atoms with van der Waals surface area (Å²) in [4.78, 5) is 25.7. The number of unbranched alkanes of at least 4 members (excludes halogenated alkanes) is 5. The first-order valence-electron chi connectivity index (χ1n) is 12.5. The molecule has 0 aromatic heterocycles. The third-order valence-corrected chi connectivity index (χ3v) is 5.90. The van der Waals surface area contributed by atoms with Crippen LogP contribution in [0.25, 0.3) is 11.1 Å². The standard InChI is InChI=1S/C28H40N2O4/c1-4-6-8-9-10-18-29-28(33)30(3)25-13-11-12-24(21-25)23-16-14-22(15-17-23)20-26(27(31)32)34-19-7-5-2/h11-17,21,26H,4-10,18-20H2,1-3H3,(H,29,33)(H,31,32). The topological polar surface area (TPSA) is 78.9 Å². The van der Waals surface area contributed by atoms with Crippen molar-refractivity contribution in [2.45, 2.75) is 71.3 Å². The van der Waals surface area contributed by atoms with E-state index in [0.717, 1.165) is 48.1 Å². The molecule has 1 atom stereocenters. The molecule has 0 saturated heterocycles. The minimum atomic E-state index is -0.935. The maximum atomic E-state index is 12.5. The first-order chi connectivity index (χ1) is 16.5. The normalized spacial score (nSPS) is 11.7. The lowest BCUT2D eigenvalue weighted by Gasteiger charge is -2.19. The van der Waals surface area contributed by atoms with Crippen LogP contribution in [0.4, 0.5) is 10.5 Å². The molecule has 186 valence electrons. The van der Waals surface area contributed by atoms with Crippen LogP contribution in [0.5, 0.6) is 0 Å². The van der Waals surface area contributed by atoms with Crippen molar-refractivity contribution in [1.29, 1.82) is 0 Å². The maximum absolute atomic E-state index is 12.5. The predicted octanol–water partition coefficient (Wildman–Crippen LogP) is 6.28. The SMILES string of the molecule is CCCCCCCNC(=O)N(C)c1cccc(-c2ccc(CC(OCCCC)C(=O)O)cc2)c1. The van der Waals surface area contributed by atoms with Gasteiger partial charge in [-0.15, -0.1) is 0 Å². The van der Waals surface area contributed by atoms with Gasteiger partial charge in [-0.05, 0) is 41.7 Å². The van der Waals surface area contributed by atoms with Gasteiger partial charge in [0.1, 0.15) is 0 Å². The predicted molar refractivity (Wildman–Crippen MR) is 138 cm³/mol. The lowest BCUT2D eigenvalue weighted by molar-refractivity contribution is -0.150. The van der Waals surface area contributed by atoms with Crippen LogP contribution in [0.15, 0.2) is 48.5 Å². The minimum Gasteiger partial charge on any atom is -0.479 e. The Hall–Kier alpha value is -2.86. The van der Waals surface area contributed by atoms with E-state index in [0.29, 0.717) is 19.6 Å². The van der Waals surface area contributed by atoms with E-state index >= 15 is 0 Å². The Labute approximate surface area is 204 Å². The van der Waals surface area contributed by atoms with E-state index in [1.807, 2.05) is 55.5 Å². The largest absolute Gasteiger partial charge is 0.479 e. The number of benzene rings is 2. The minimum absolute atomic E-state index is 0.106. The van der Waals surface area contributed by atoms with Gasteiger partial charge in [0.15, 0.2) is 6.10 Å². The fourth-order valence-electron chi connectivity index (χ4n) is 3.69. The van der Waals surface area contributed by atoms with E-state index in [2.05, 4.69) is 12.2 Å². The number of nitrogens with zero attached hydrogens (tertiary/aromatic N) is 1. The van der Waals surface area contributed by atoms with E-state index in [4.69, 9.17) is 4.74 Å². The molecular formula is C28H40N2O4. The fraction of sp³-hybridized carbons (Fsp3) is 0.500. The second-order valence-electron chi connectivity index (χ2n) is 8.71. The van der Waals surface area contributed by atoms with E-state index in [1.54, 1.807) is 11.9 Å². The van der Waals surface area contributed by atoms with Crippen molar-refractivity contribution >= 4 is 17.7 Å². The van der Waals surface area contributed by atoms with E-state index in [1.165, 1.54) is 19.3 Å². The average molecular weight is 469 g/mol. The summed E-state index contributed by atoms with van der Waals surface area (Å²) in [5.74, 6) is -0.935. The molecule has 0 radical (unpaired) electrons. The summed E-state index contributed by atoms with van der Waals surface area (Å²) >= 11 is 0. The third kappa shape index (κ3) is 9.18. The molecule has 2 aromatic rings. The molecular weight excluding hydrogens is 428 g/mol. The molecule has 0 saturated carbocycles. The lowest BCUT2D eigenvalue weighted by Crippen LogP contribution is -2.37. The number of amides is 2. The lowest BCUT2D eigenvalue weighted by atomic mass is 10.0. The molecule has 0 spiro atoms. The van der Waals surface area contributed by atoms with Gasteiger partial charge in [0.05, 0.1) is 0 Å². The molecule has 6 nitrogen and oxygen atoms in total. The van der Waals surface area contributed by atoms with Gasteiger partial charge in [-0.1, -0.05) is 82.3 Å². The van der Waals surface area contributed by atoms with E-state index in [9.17, 15) is 14.7 Å². The summed E-state index contributed by atoms with van der Waals surface area (Å²) in [6, 6.07) is 15.6. The van der Waals surface area contributed by atoms with Crippen molar-refractivity contribution in [3.8, 4) is 11.1 Å². The Morgan fingerprint density at radius 2 is 1.65 bits per heavy atom. The molecule has 34 heavy (non-hydrogen) atoms. The Morgan fingerprint density at radius 3 is 2.32 bits per heavy atom. The molecule has 2 amide bonds. The van der Waals surface area contributed by atoms with Crippen LogP contribution in [0.2, 0.25) is 0 Å². The molecule has 2 rings (SSSR count). The highest BCUT2D eigenvalue weighted by molar-refractivity contribution is 5.92. The molecule has 6 heteroatoms. The molecule has 0 aliphatic heterocycles. The van der Waals surface area contributed by atoms with Crippen LogP contribution in [0.1, 0.15) is 64.4 Å². The number of carboxylic acid groups (broad SMARTS) is 1. The van der Waals surface area contributed by atoms with Gasteiger partial charge in [-0.25, -0.2) is 9.59 Å². The first kappa shape index (κ1) is 27.4. The summed E-state index contributed by atoms with van der Waals surface area (Å²) in [5.41, 5.74) is 3.74. The molecule has 0 aliphatic carbocycles. The summed E-state index contributed by atoms with van der Waals surface area (Å²) in [6.45, 7) is 5.39. The molecule has 1 unspecified atom stereocenters. The third-order valence-electron chi connectivity index (χ3n) is 5.90. The van der Waals surface area contributed by atoms with Gasteiger partial charge < -0.3 is 15.2 Å². The number of urea groups is 1. The molecule has 0 bridgehead atoms. The summed E-state index contributed by atoms with van der Waals surface area (Å²) < 4.78 is 5.54. The smallest absolute Gasteiger partial charge is 0.333 e. The van der Waals surface area contributed by atoms with Crippen molar-refractivity contribution < 1.29 is 19.4 Å². The number of anilines is 1. The Balaban J connectivity index is 1.96. The quantitative estimate of drug-likeness (QED) is 0.301. The Bertz CT molecular complexity index is 882. The summed E-state index contributed by atoms with van der Waals surface area (Å²) in [5, 5.41) is 12.4. The van der Waals surface area contributed by atoms with Crippen LogP contribution in [-0.2, 0) is 16.0 Å². The van der Waals surface area contributed by atoms with Crippen molar-refractivity contribution in [3.63, 3.8) is 0 Å². The molecule has 0 aliphatic rings. The number of carboxylic acids is 1. The highest BCUT2D eigenvalue weighted by atomic mass is 16.5. The number of nitrogens with one attached hydrogen (secondary N) is 1. The van der Waals surface area contributed by atoms with Crippen LogP contribution in [0, 0.1) is 0 Å². The highest BCUT2D eigenvalue weighted by Gasteiger charge is 2.18. The Kier molecular flexibility index (Phi) is 12.2. The van der Waals surface area contributed by atoms with E-state index in [-0.39, 0.29) is 6.03 Å². The van der Waals surface area contributed by atoms with Gasteiger partial charge in [-0.3, -0.25) is 4.90 Å². The zero-order valence-corrected chi connectivity index (χ0v) is 20.9. The molecule has 0 heterocycles. The zero-order valence-electron chi connectivity index (χ0n) is 20.9. The first-order valence-corrected chi connectivity index (χ1v) is 12.5. The van der Waals surface area contributed by atoms with Crippen LogP contribution < -0.4 is 10.2 Å². The molecule has 2 N–H and O–H groups in total. The van der Waals surface area contributed by atoms with Gasteiger partial charge in [-0.2, -0.15) is 0 Å². The van der Waals surface area contributed by atoms with Gasteiger partial charge >= 0.3 is 12.0 Å².